The first-order valence-corrected chi connectivity index (χ1v) is 14.2. The van der Waals surface area contributed by atoms with E-state index in [-0.39, 0.29) is 0 Å². The van der Waals surface area contributed by atoms with Gasteiger partial charge in [0.1, 0.15) is 11.5 Å². The number of hydrogen-bond donors (Lipinski definition) is 0. The van der Waals surface area contributed by atoms with Gasteiger partial charge in [0.05, 0.1) is 36.4 Å². The molecule has 0 atom stereocenters. The van der Waals surface area contributed by atoms with E-state index < -0.39 is 11.7 Å². The summed E-state index contributed by atoms with van der Waals surface area (Å²) in [5.41, 5.74) is 1.67. The van der Waals surface area contributed by atoms with Gasteiger partial charge in [0.15, 0.2) is 0 Å². The largest absolute Gasteiger partial charge is 0.494 e. The Morgan fingerprint density at radius 1 is 0.875 bits per heavy atom. The molecule has 210 valence electrons. The minimum atomic E-state index is -4.45. The number of halogens is 3. The van der Waals surface area contributed by atoms with Crippen LogP contribution in [0.15, 0.2) is 88.3 Å². The fourth-order valence-corrected chi connectivity index (χ4v) is 4.79. The van der Waals surface area contributed by atoms with Crippen molar-refractivity contribution >= 4 is 23.2 Å². The summed E-state index contributed by atoms with van der Waals surface area (Å²) in [6.45, 7) is 5.32. The molecule has 0 N–H and O–H groups in total. The smallest absolute Gasteiger partial charge is 0.416 e. The average molecular weight is 568 g/mol. The lowest BCUT2D eigenvalue weighted by molar-refractivity contribution is -0.137. The van der Waals surface area contributed by atoms with Gasteiger partial charge in [0.25, 0.3) is 0 Å². The Bertz CT molecular complexity index is 1460. The van der Waals surface area contributed by atoms with E-state index >= 15 is 0 Å². The molecule has 0 saturated heterocycles. The van der Waals surface area contributed by atoms with Crippen LogP contribution in [-0.4, -0.2) is 24.1 Å². The monoisotopic (exact) mass is 567 g/mol. The highest BCUT2D eigenvalue weighted by Crippen LogP contribution is 2.32. The van der Waals surface area contributed by atoms with Crippen molar-refractivity contribution in [2.45, 2.75) is 45.7 Å². The fourth-order valence-electron chi connectivity index (χ4n) is 3.93. The fraction of sp³-hybridized carbons (Fsp3) is 0.290. The van der Waals surface area contributed by atoms with E-state index in [0.717, 1.165) is 42.0 Å². The van der Waals surface area contributed by atoms with Gasteiger partial charge >= 0.3 is 6.18 Å². The molecule has 4 aromatic rings. The molecule has 0 aliphatic carbocycles. The Balaban J connectivity index is 1.64. The van der Waals surface area contributed by atoms with Gasteiger partial charge in [-0.3, -0.25) is 0 Å². The van der Waals surface area contributed by atoms with Gasteiger partial charge < -0.3 is 9.47 Å². The van der Waals surface area contributed by atoms with Gasteiger partial charge in [-0.15, -0.1) is 11.3 Å². The van der Waals surface area contributed by atoms with Crippen molar-refractivity contribution in [3.8, 4) is 22.8 Å². The first kappa shape index (κ1) is 29.1. The number of aromatic nitrogens is 1. The van der Waals surface area contributed by atoms with Crippen molar-refractivity contribution in [2.24, 2.45) is 10.1 Å². The molecule has 0 fully saturated rings. The molecule has 9 heteroatoms. The van der Waals surface area contributed by atoms with E-state index in [0.29, 0.717) is 35.0 Å². The summed E-state index contributed by atoms with van der Waals surface area (Å²) in [6.07, 6.45) is 1.76. The predicted octanol–water partition coefficient (Wildman–Crippen LogP) is 8.71. The zero-order valence-corrected chi connectivity index (χ0v) is 23.3. The third-order valence-electron chi connectivity index (χ3n) is 6.01. The summed E-state index contributed by atoms with van der Waals surface area (Å²) in [5.74, 6) is 1.52. The van der Waals surface area contributed by atoms with Crippen LogP contribution in [-0.2, 0) is 6.18 Å². The van der Waals surface area contributed by atoms with Crippen molar-refractivity contribution in [1.82, 2.24) is 4.68 Å². The normalized spacial score (nSPS) is 12.3. The zero-order valence-electron chi connectivity index (χ0n) is 22.5. The van der Waals surface area contributed by atoms with E-state index in [2.05, 4.69) is 12.0 Å². The standard InChI is InChI=1S/C31H32F3N3O2S/c1-3-5-6-7-19-39-28-15-11-23(12-16-28)21-35-37-29(24-9-8-10-25(20-24)31(32,33)34)22-40-30(37)36-26-13-17-27(18-14-26)38-4-2/h8-18,20-22H,3-7,19H2,1-2H3. The predicted molar refractivity (Wildman–Crippen MR) is 155 cm³/mol. The minimum Gasteiger partial charge on any atom is -0.494 e. The highest BCUT2D eigenvalue weighted by atomic mass is 32.1. The third kappa shape index (κ3) is 8.08. The van der Waals surface area contributed by atoms with Crippen LogP contribution < -0.4 is 14.3 Å². The summed E-state index contributed by atoms with van der Waals surface area (Å²) in [6, 6.07) is 20.1. The van der Waals surface area contributed by atoms with Crippen LogP contribution >= 0.6 is 11.3 Å². The molecule has 0 radical (unpaired) electrons. The molecule has 1 aromatic heterocycles. The Kier molecular flexibility index (Phi) is 10.2. The number of benzene rings is 3. The van der Waals surface area contributed by atoms with Gasteiger partial charge in [0.2, 0.25) is 4.80 Å². The van der Waals surface area contributed by atoms with Crippen LogP contribution in [0.25, 0.3) is 11.3 Å². The second-order valence-electron chi connectivity index (χ2n) is 9.06. The van der Waals surface area contributed by atoms with Crippen molar-refractivity contribution in [3.05, 3.63) is 94.1 Å². The van der Waals surface area contributed by atoms with E-state index in [1.807, 2.05) is 55.5 Å². The molecule has 0 spiro atoms. The summed E-state index contributed by atoms with van der Waals surface area (Å²) in [4.78, 5) is 5.22. The van der Waals surface area contributed by atoms with Gasteiger partial charge in [-0.25, -0.2) is 9.67 Å². The van der Waals surface area contributed by atoms with Crippen molar-refractivity contribution in [1.29, 1.82) is 0 Å². The molecule has 0 bridgehead atoms. The molecule has 4 rings (SSSR count). The molecule has 1 heterocycles. The number of thiazole rings is 1. The topological polar surface area (TPSA) is 48.1 Å². The maximum absolute atomic E-state index is 13.4. The third-order valence-corrected chi connectivity index (χ3v) is 6.83. The van der Waals surface area contributed by atoms with Crippen LogP contribution in [0.1, 0.15) is 50.7 Å². The van der Waals surface area contributed by atoms with Crippen molar-refractivity contribution in [2.75, 3.05) is 13.2 Å². The van der Waals surface area contributed by atoms with E-state index in [4.69, 9.17) is 14.5 Å². The van der Waals surface area contributed by atoms with Crippen LogP contribution in [0.2, 0.25) is 0 Å². The van der Waals surface area contributed by atoms with Crippen LogP contribution in [0.4, 0.5) is 18.9 Å². The molecule has 0 amide bonds. The number of hydrogen-bond acceptors (Lipinski definition) is 5. The lowest BCUT2D eigenvalue weighted by Gasteiger charge is -2.09. The molecule has 40 heavy (non-hydrogen) atoms. The molecule has 0 aliphatic heterocycles. The molecule has 0 saturated carbocycles. The summed E-state index contributed by atoms with van der Waals surface area (Å²) < 4.78 is 53.2. The number of ether oxygens (including phenoxy) is 2. The summed E-state index contributed by atoms with van der Waals surface area (Å²) >= 11 is 1.30. The molecular formula is C31H32F3N3O2S. The first-order chi connectivity index (χ1) is 19.4. The molecule has 5 nitrogen and oxygen atoms in total. The zero-order chi connectivity index (χ0) is 28.4. The maximum atomic E-state index is 13.4. The van der Waals surface area contributed by atoms with Crippen LogP contribution in [0.3, 0.4) is 0 Å². The quantitative estimate of drug-likeness (QED) is 0.127. The summed E-state index contributed by atoms with van der Waals surface area (Å²) in [5, 5.41) is 6.39. The molecular weight excluding hydrogens is 535 g/mol. The van der Waals surface area contributed by atoms with Crippen LogP contribution in [0.5, 0.6) is 11.5 Å². The van der Waals surface area contributed by atoms with E-state index in [1.165, 1.54) is 30.2 Å². The number of rotatable bonds is 12. The highest BCUT2D eigenvalue weighted by molar-refractivity contribution is 7.07. The summed E-state index contributed by atoms with van der Waals surface area (Å²) in [7, 11) is 0. The first-order valence-electron chi connectivity index (χ1n) is 13.3. The van der Waals surface area contributed by atoms with Gasteiger partial charge in [-0.2, -0.15) is 18.3 Å². The number of alkyl halides is 3. The number of nitrogens with zero attached hydrogens (tertiary/aromatic N) is 3. The Morgan fingerprint density at radius 2 is 1.60 bits per heavy atom. The Labute approximate surface area is 236 Å². The Morgan fingerprint density at radius 3 is 2.30 bits per heavy atom. The maximum Gasteiger partial charge on any atom is 0.416 e. The van der Waals surface area contributed by atoms with Gasteiger partial charge in [-0.05, 0) is 79.6 Å². The van der Waals surface area contributed by atoms with Crippen molar-refractivity contribution < 1.29 is 22.6 Å². The second kappa shape index (κ2) is 14.0. The van der Waals surface area contributed by atoms with Crippen molar-refractivity contribution in [3.63, 3.8) is 0 Å². The lowest BCUT2D eigenvalue weighted by Crippen LogP contribution is -2.12. The SMILES string of the molecule is CCCCCCOc1ccc(C=Nn2c(-c3cccc(C(F)(F)F)c3)csc2=Nc2ccc(OCC)cc2)cc1. The van der Waals surface area contributed by atoms with E-state index in [9.17, 15) is 13.2 Å². The lowest BCUT2D eigenvalue weighted by atomic mass is 10.1. The Hall–Kier alpha value is -3.85. The number of unbranched alkanes of at least 4 members (excludes halogenated alkanes) is 3. The second-order valence-corrected chi connectivity index (χ2v) is 9.89. The molecule has 0 aliphatic rings. The average Bonchev–Trinajstić information content (AvgIpc) is 3.35. The minimum absolute atomic E-state index is 0.392. The molecule has 3 aromatic carbocycles. The van der Waals surface area contributed by atoms with E-state index in [1.54, 1.807) is 22.3 Å². The van der Waals surface area contributed by atoms with Crippen LogP contribution in [0, 0.1) is 0 Å². The van der Waals surface area contributed by atoms with Gasteiger partial charge in [0, 0.05) is 10.9 Å². The molecule has 0 unspecified atom stereocenters. The van der Waals surface area contributed by atoms with Gasteiger partial charge in [-0.1, -0.05) is 38.3 Å². The highest BCUT2D eigenvalue weighted by Gasteiger charge is 2.30.